The van der Waals surface area contributed by atoms with Gasteiger partial charge in [0, 0.05) is 71.7 Å². The largest absolute Gasteiger partial charge is 0.355 e. The van der Waals surface area contributed by atoms with Gasteiger partial charge >= 0.3 is 0 Å². The smallest absolute Gasteiger partial charge is 0.225 e. The molecular formula is C19H33N7OS. The van der Waals surface area contributed by atoms with Crippen LogP contribution in [0.3, 0.4) is 0 Å². The topological polar surface area (TPSA) is 76.1 Å². The molecule has 2 N–H and O–H groups in total. The minimum Gasteiger partial charge on any atom is -0.355 e. The fourth-order valence-electron chi connectivity index (χ4n) is 3.42. The maximum atomic E-state index is 12.3. The molecule has 0 spiro atoms. The van der Waals surface area contributed by atoms with Gasteiger partial charge in [0.25, 0.3) is 0 Å². The summed E-state index contributed by atoms with van der Waals surface area (Å²) in [5, 5.41) is 9.76. The van der Waals surface area contributed by atoms with Crippen LogP contribution in [0.25, 0.3) is 0 Å². The molecule has 0 bridgehead atoms. The van der Waals surface area contributed by atoms with Gasteiger partial charge in [-0.25, -0.2) is 4.98 Å². The number of thiazole rings is 1. The van der Waals surface area contributed by atoms with Crippen molar-refractivity contribution in [2.45, 2.75) is 25.8 Å². The molecule has 3 rings (SSSR count). The molecule has 0 unspecified atom stereocenters. The highest BCUT2D eigenvalue weighted by atomic mass is 32.1. The zero-order chi connectivity index (χ0) is 19.9. The number of carbonyl (C=O) groups is 1. The summed E-state index contributed by atoms with van der Waals surface area (Å²) in [5.74, 6) is 1.49. The highest BCUT2D eigenvalue weighted by Gasteiger charge is 2.30. The van der Waals surface area contributed by atoms with E-state index < -0.39 is 0 Å². The maximum absolute atomic E-state index is 12.3. The summed E-state index contributed by atoms with van der Waals surface area (Å²) in [4.78, 5) is 27.7. The predicted octanol–water partition coefficient (Wildman–Crippen LogP) is 0.818. The molecule has 1 aliphatic heterocycles. The monoisotopic (exact) mass is 407 g/mol. The lowest BCUT2D eigenvalue weighted by molar-refractivity contribution is -0.139. The highest BCUT2D eigenvalue weighted by Crippen LogP contribution is 2.28. The third-order valence-corrected chi connectivity index (χ3v) is 6.50. The number of nitrogens with one attached hydrogen (secondary N) is 2. The van der Waals surface area contributed by atoms with Crippen LogP contribution in [0.1, 0.15) is 25.0 Å². The van der Waals surface area contributed by atoms with Gasteiger partial charge in [0.05, 0.1) is 12.2 Å². The molecule has 1 saturated heterocycles. The second-order valence-electron chi connectivity index (χ2n) is 7.66. The quantitative estimate of drug-likeness (QED) is 0.515. The van der Waals surface area contributed by atoms with Crippen molar-refractivity contribution in [3.63, 3.8) is 0 Å². The molecule has 2 fully saturated rings. The summed E-state index contributed by atoms with van der Waals surface area (Å²) in [6.07, 6.45) is 3.40. The molecule has 28 heavy (non-hydrogen) atoms. The van der Waals surface area contributed by atoms with Crippen molar-refractivity contribution in [3.05, 3.63) is 11.1 Å². The van der Waals surface area contributed by atoms with Gasteiger partial charge in [-0.05, 0) is 12.8 Å². The number of hydrogen-bond acceptors (Lipinski definition) is 6. The number of hydrogen-bond donors (Lipinski definition) is 2. The zero-order valence-corrected chi connectivity index (χ0v) is 18.1. The van der Waals surface area contributed by atoms with Gasteiger partial charge < -0.3 is 20.4 Å². The summed E-state index contributed by atoms with van der Waals surface area (Å²) in [7, 11) is 5.78. The molecule has 9 heteroatoms. The van der Waals surface area contributed by atoms with E-state index in [1.165, 1.54) is 6.42 Å². The molecule has 0 aromatic carbocycles. The van der Waals surface area contributed by atoms with E-state index in [0.717, 1.165) is 68.9 Å². The summed E-state index contributed by atoms with van der Waals surface area (Å²) < 4.78 is 0. The first-order valence-electron chi connectivity index (χ1n) is 10.1. The van der Waals surface area contributed by atoms with Crippen LogP contribution >= 0.6 is 11.3 Å². The number of piperazine rings is 1. The molecule has 2 heterocycles. The van der Waals surface area contributed by atoms with E-state index >= 15 is 0 Å². The van der Waals surface area contributed by atoms with Gasteiger partial charge in [0.2, 0.25) is 5.91 Å². The number of aliphatic imine (C=N–C) groups is 1. The van der Waals surface area contributed by atoms with Crippen LogP contribution in [0.2, 0.25) is 0 Å². The summed E-state index contributed by atoms with van der Waals surface area (Å²) >= 11 is 1.64. The second-order valence-corrected chi connectivity index (χ2v) is 8.50. The van der Waals surface area contributed by atoms with Crippen LogP contribution in [-0.4, -0.2) is 87.1 Å². The number of aromatic nitrogens is 1. The van der Waals surface area contributed by atoms with E-state index in [-0.39, 0.29) is 0 Å². The molecule has 0 atom stereocenters. The fraction of sp³-hybridized carbons (Fsp3) is 0.737. The van der Waals surface area contributed by atoms with Crippen LogP contribution in [0.4, 0.5) is 5.13 Å². The van der Waals surface area contributed by atoms with Crippen LogP contribution in [-0.2, 0) is 11.3 Å². The molecular weight excluding hydrogens is 374 g/mol. The fourth-order valence-corrected chi connectivity index (χ4v) is 4.17. The van der Waals surface area contributed by atoms with Crippen molar-refractivity contribution >= 4 is 28.3 Å². The summed E-state index contributed by atoms with van der Waals surface area (Å²) in [6, 6.07) is 0. The lowest BCUT2D eigenvalue weighted by atomic mass is 9.84. The average Bonchev–Trinajstić information content (AvgIpc) is 3.13. The molecule has 1 aromatic rings. The Morgan fingerprint density at radius 1 is 1.29 bits per heavy atom. The van der Waals surface area contributed by atoms with Crippen molar-refractivity contribution in [1.82, 2.24) is 25.4 Å². The standard InChI is InChI=1S/C19H33N7OS/c1-20-18(22-13-16-14-28-19(23-16)24(2)3)21-7-8-25-9-11-26(12-10-25)17(27)15-5-4-6-15/h14-15H,4-13H2,1-3H3,(H2,20,21,22). The molecule has 8 nitrogen and oxygen atoms in total. The first kappa shape index (κ1) is 20.9. The predicted molar refractivity (Wildman–Crippen MR) is 115 cm³/mol. The molecule has 2 aliphatic rings. The molecule has 1 amide bonds. The van der Waals surface area contributed by atoms with Crippen LogP contribution < -0.4 is 15.5 Å². The van der Waals surface area contributed by atoms with E-state index in [4.69, 9.17) is 0 Å². The average molecular weight is 408 g/mol. The Kier molecular flexibility index (Phi) is 7.50. The van der Waals surface area contributed by atoms with Gasteiger partial charge in [0.1, 0.15) is 0 Å². The van der Waals surface area contributed by atoms with Crippen LogP contribution in [0, 0.1) is 5.92 Å². The number of nitrogens with zero attached hydrogens (tertiary/aromatic N) is 5. The van der Waals surface area contributed by atoms with Crippen molar-refractivity contribution < 1.29 is 4.79 Å². The summed E-state index contributed by atoms with van der Waals surface area (Å²) in [5.41, 5.74) is 1.02. The van der Waals surface area contributed by atoms with E-state index in [0.29, 0.717) is 18.4 Å². The van der Waals surface area contributed by atoms with Gasteiger partial charge in [0.15, 0.2) is 11.1 Å². The Bertz CT molecular complexity index is 663. The minimum atomic E-state index is 0.314. The Hall–Kier alpha value is -1.87. The Morgan fingerprint density at radius 3 is 2.61 bits per heavy atom. The number of anilines is 1. The number of rotatable bonds is 7. The number of guanidine groups is 1. The SMILES string of the molecule is CN=C(NCCN1CCN(C(=O)C2CCC2)CC1)NCc1csc(N(C)C)n1. The van der Waals surface area contributed by atoms with E-state index in [2.05, 4.69) is 35.8 Å². The van der Waals surface area contributed by atoms with E-state index in [1.807, 2.05) is 19.0 Å². The molecule has 156 valence electrons. The van der Waals surface area contributed by atoms with Gasteiger partial charge in [-0.2, -0.15) is 0 Å². The second kappa shape index (κ2) is 10.1. The Balaban J connectivity index is 1.31. The number of carbonyl (C=O) groups excluding carboxylic acids is 1. The van der Waals surface area contributed by atoms with Crippen molar-refractivity contribution in [2.24, 2.45) is 10.9 Å². The third kappa shape index (κ3) is 5.57. The third-order valence-electron chi connectivity index (χ3n) is 5.44. The first-order chi connectivity index (χ1) is 13.6. The van der Waals surface area contributed by atoms with Crippen molar-refractivity contribution in [3.8, 4) is 0 Å². The zero-order valence-electron chi connectivity index (χ0n) is 17.3. The summed E-state index contributed by atoms with van der Waals surface area (Å²) in [6.45, 7) is 6.08. The van der Waals surface area contributed by atoms with Gasteiger partial charge in [-0.1, -0.05) is 6.42 Å². The normalized spacial score (nSPS) is 18.7. The van der Waals surface area contributed by atoms with E-state index in [9.17, 15) is 4.79 Å². The number of amides is 1. The van der Waals surface area contributed by atoms with Gasteiger partial charge in [-0.15, -0.1) is 11.3 Å². The first-order valence-corrected chi connectivity index (χ1v) is 11.0. The van der Waals surface area contributed by atoms with Crippen molar-refractivity contribution in [1.29, 1.82) is 0 Å². The molecule has 1 aliphatic carbocycles. The van der Waals surface area contributed by atoms with Gasteiger partial charge in [-0.3, -0.25) is 14.7 Å². The maximum Gasteiger partial charge on any atom is 0.225 e. The minimum absolute atomic E-state index is 0.314. The van der Waals surface area contributed by atoms with Crippen LogP contribution in [0.15, 0.2) is 10.4 Å². The lowest BCUT2D eigenvalue weighted by Crippen LogP contribution is -2.52. The Labute approximate surface area is 172 Å². The van der Waals surface area contributed by atoms with Crippen LogP contribution in [0.5, 0.6) is 0 Å². The molecule has 0 radical (unpaired) electrons. The highest BCUT2D eigenvalue weighted by molar-refractivity contribution is 7.13. The lowest BCUT2D eigenvalue weighted by Gasteiger charge is -2.38. The van der Waals surface area contributed by atoms with Crippen molar-refractivity contribution in [2.75, 3.05) is 65.3 Å². The molecule has 1 saturated carbocycles. The Morgan fingerprint density at radius 2 is 2.04 bits per heavy atom. The molecule has 1 aromatic heterocycles. The van der Waals surface area contributed by atoms with E-state index in [1.54, 1.807) is 18.4 Å².